The minimum Gasteiger partial charge on any atom is -1.00 e. The van der Waals surface area contributed by atoms with E-state index in [-0.39, 0.29) is 37.3 Å². The molecule has 5 heteroatoms. The van der Waals surface area contributed by atoms with E-state index in [0.29, 0.717) is 0 Å². The van der Waals surface area contributed by atoms with Crippen LogP contribution in [-0.2, 0) is 4.79 Å². The normalized spacial score (nSPS) is 9.57. The second-order valence-electron chi connectivity index (χ2n) is 0.659. The number of carbonyl (C=O) groups excluding carboxylic acids is 1. The molecule has 0 bridgehead atoms. The number of halogens is 3. The van der Waals surface area contributed by atoms with Gasteiger partial charge in [-0.3, -0.25) is 4.79 Å². The minimum atomic E-state index is -1.72. The average Bonchev–Trinajstić information content (AvgIpc) is 1.35. The van der Waals surface area contributed by atoms with E-state index in [1.807, 2.05) is 0 Å². The van der Waals surface area contributed by atoms with E-state index in [1.165, 1.54) is 0 Å². The zero-order chi connectivity index (χ0) is 5.21. The number of rotatable bonds is 0. The van der Waals surface area contributed by atoms with Gasteiger partial charge in [-0.2, -0.15) is 0 Å². The summed E-state index contributed by atoms with van der Waals surface area (Å²) >= 11 is 14.6. The van der Waals surface area contributed by atoms with Gasteiger partial charge in [-0.1, -0.05) is 34.8 Å². The van der Waals surface area contributed by atoms with Gasteiger partial charge in [0.05, 0.1) is 0 Å². The van der Waals surface area contributed by atoms with E-state index in [1.54, 1.807) is 0 Å². The molecule has 38 valence electrons. The molecule has 0 N–H and O–H groups in total. The molecule has 7 heavy (non-hydrogen) atoms. The van der Waals surface area contributed by atoms with Gasteiger partial charge in [-0.15, -0.1) is 0 Å². The Balaban J connectivity index is -0.000000125. The van der Waals surface area contributed by atoms with Crippen molar-refractivity contribution in [2.24, 2.45) is 0 Å². The largest absolute Gasteiger partial charge is 1.00 e. The fourth-order valence-electron chi connectivity index (χ4n) is 0. The Labute approximate surface area is 80.1 Å². The maximum atomic E-state index is 9.43. The van der Waals surface area contributed by atoms with Crippen LogP contribution in [0, 0.1) is 0 Å². The van der Waals surface area contributed by atoms with Gasteiger partial charge < -0.3 is 1.43 Å². The summed E-state index contributed by atoms with van der Waals surface area (Å²) in [4.78, 5) is 9.43. The molecular formula is C2H2Cl3NaO. The van der Waals surface area contributed by atoms with Crippen molar-refractivity contribution in [2.75, 3.05) is 0 Å². The van der Waals surface area contributed by atoms with Crippen molar-refractivity contribution in [3.8, 4) is 0 Å². The van der Waals surface area contributed by atoms with E-state index in [0.717, 1.165) is 0 Å². The van der Waals surface area contributed by atoms with Crippen LogP contribution < -0.4 is 29.6 Å². The van der Waals surface area contributed by atoms with Crippen LogP contribution in [0.3, 0.4) is 0 Å². The van der Waals surface area contributed by atoms with Crippen LogP contribution in [0.1, 0.15) is 1.43 Å². The molecule has 0 amide bonds. The van der Waals surface area contributed by atoms with Crippen LogP contribution in [0.4, 0.5) is 0 Å². The molecule has 0 aliphatic rings. The molecule has 0 atom stereocenters. The van der Waals surface area contributed by atoms with E-state index >= 15 is 0 Å². The summed E-state index contributed by atoms with van der Waals surface area (Å²) < 4.78 is -1.72. The summed E-state index contributed by atoms with van der Waals surface area (Å²) in [5.41, 5.74) is 0. The van der Waals surface area contributed by atoms with Gasteiger partial charge >= 0.3 is 29.6 Å². The van der Waals surface area contributed by atoms with Gasteiger partial charge in [-0.05, 0) is 0 Å². The number of carbonyl (C=O) groups is 1. The van der Waals surface area contributed by atoms with Crippen LogP contribution in [-0.4, -0.2) is 10.1 Å². The van der Waals surface area contributed by atoms with Crippen molar-refractivity contribution in [1.82, 2.24) is 0 Å². The first kappa shape index (κ1) is 11.4. The molecule has 0 aliphatic carbocycles. The summed E-state index contributed by atoms with van der Waals surface area (Å²) in [6.07, 6.45) is 0.234. The van der Waals surface area contributed by atoms with E-state index in [4.69, 9.17) is 34.8 Å². The fraction of sp³-hybridized carbons (Fsp3) is 0.500. The van der Waals surface area contributed by atoms with Crippen molar-refractivity contribution in [3.05, 3.63) is 0 Å². The molecule has 0 radical (unpaired) electrons. The smallest absolute Gasteiger partial charge is 1.00 e. The monoisotopic (exact) mass is 170 g/mol. The molecule has 0 unspecified atom stereocenters. The molecule has 0 aliphatic heterocycles. The van der Waals surface area contributed by atoms with E-state index < -0.39 is 3.79 Å². The third-order valence-corrected chi connectivity index (χ3v) is 0.401. The van der Waals surface area contributed by atoms with Crippen molar-refractivity contribution in [2.45, 2.75) is 3.79 Å². The summed E-state index contributed by atoms with van der Waals surface area (Å²) in [6.45, 7) is 0. The minimum absolute atomic E-state index is 0. The van der Waals surface area contributed by atoms with Gasteiger partial charge in [0, 0.05) is 0 Å². The van der Waals surface area contributed by atoms with Gasteiger partial charge in [0.1, 0.15) is 0 Å². The second kappa shape index (κ2) is 4.42. The van der Waals surface area contributed by atoms with Crippen LogP contribution in [0.2, 0.25) is 0 Å². The summed E-state index contributed by atoms with van der Waals surface area (Å²) in [5, 5.41) is 0. The Bertz CT molecular complexity index is 62.8. The predicted octanol–water partition coefficient (Wildman–Crippen LogP) is -1.33. The van der Waals surface area contributed by atoms with Crippen molar-refractivity contribution >= 4 is 41.1 Å². The van der Waals surface area contributed by atoms with E-state index in [9.17, 15) is 4.79 Å². The fourth-order valence-corrected chi connectivity index (χ4v) is 0. The standard InChI is InChI=1S/C2HCl3O.Na.H/c3-2(4,5)1-6;;/h1H;;/q;+1;-1. The Morgan fingerprint density at radius 3 is 1.57 bits per heavy atom. The molecule has 0 spiro atoms. The first-order chi connectivity index (χ1) is 2.56. The average molecular weight is 171 g/mol. The molecule has 1 nitrogen and oxygen atoms in total. The van der Waals surface area contributed by atoms with Crippen molar-refractivity contribution < 1.29 is 35.8 Å². The number of alkyl halides is 3. The van der Waals surface area contributed by atoms with Gasteiger partial charge in [0.15, 0.2) is 6.29 Å². The molecule has 0 rings (SSSR count). The third-order valence-electron chi connectivity index (χ3n) is 0.134. The summed E-state index contributed by atoms with van der Waals surface area (Å²) in [7, 11) is 0. The Morgan fingerprint density at radius 2 is 1.57 bits per heavy atom. The molecule has 0 aromatic carbocycles. The van der Waals surface area contributed by atoms with Crippen LogP contribution in [0.15, 0.2) is 0 Å². The molecule has 0 saturated carbocycles. The van der Waals surface area contributed by atoms with Crippen molar-refractivity contribution in [3.63, 3.8) is 0 Å². The molecule has 0 aromatic heterocycles. The Hall–Kier alpha value is 1.54. The van der Waals surface area contributed by atoms with Gasteiger partial charge in [0.2, 0.25) is 3.79 Å². The van der Waals surface area contributed by atoms with Crippen LogP contribution >= 0.6 is 34.8 Å². The van der Waals surface area contributed by atoms with Gasteiger partial charge in [0.25, 0.3) is 0 Å². The Morgan fingerprint density at radius 1 is 1.43 bits per heavy atom. The zero-order valence-electron chi connectivity index (χ0n) is 4.62. The molecule has 0 heterocycles. The topological polar surface area (TPSA) is 17.1 Å². The third kappa shape index (κ3) is 11.2. The number of hydrogen-bond acceptors (Lipinski definition) is 1. The molecular weight excluding hydrogens is 169 g/mol. The Kier molecular flexibility index (Phi) is 7.17. The van der Waals surface area contributed by atoms with Gasteiger partial charge in [-0.25, -0.2) is 0 Å². The zero-order valence-corrected chi connectivity index (χ0v) is 7.89. The first-order valence-corrected chi connectivity index (χ1v) is 2.23. The SMILES string of the molecule is O=CC(Cl)(Cl)Cl.[H-].[Na+]. The quantitative estimate of drug-likeness (QED) is 0.251. The van der Waals surface area contributed by atoms with Crippen LogP contribution in [0.25, 0.3) is 0 Å². The summed E-state index contributed by atoms with van der Waals surface area (Å²) in [5.74, 6) is 0. The number of aldehydes is 1. The second-order valence-corrected chi connectivity index (χ2v) is 3.03. The summed E-state index contributed by atoms with van der Waals surface area (Å²) in [6, 6.07) is 0. The molecule has 0 aromatic rings. The van der Waals surface area contributed by atoms with Crippen LogP contribution in [0.5, 0.6) is 0 Å². The van der Waals surface area contributed by atoms with E-state index in [2.05, 4.69) is 0 Å². The van der Waals surface area contributed by atoms with Crippen molar-refractivity contribution in [1.29, 1.82) is 0 Å². The molecule has 0 saturated heterocycles. The molecule has 0 fully saturated rings. The number of hydrogen-bond donors (Lipinski definition) is 0. The maximum Gasteiger partial charge on any atom is 1.00 e. The predicted molar refractivity (Wildman–Crippen MR) is 27.5 cm³/mol. The first-order valence-electron chi connectivity index (χ1n) is 1.09. The maximum absolute atomic E-state index is 9.43.